The van der Waals surface area contributed by atoms with Gasteiger partial charge in [0.25, 0.3) is 5.91 Å². The molecule has 0 fully saturated rings. The van der Waals surface area contributed by atoms with Gasteiger partial charge in [-0.25, -0.2) is 4.39 Å². The number of carbonyl (C=O) groups excluding carboxylic acids is 2. The van der Waals surface area contributed by atoms with Gasteiger partial charge in [0.15, 0.2) is 0 Å². The van der Waals surface area contributed by atoms with Crippen LogP contribution in [-0.2, 0) is 23.3 Å². The van der Waals surface area contributed by atoms with Gasteiger partial charge in [-0.3, -0.25) is 14.7 Å². The summed E-state index contributed by atoms with van der Waals surface area (Å²) < 4.78 is 13.3. The molecule has 0 bridgehead atoms. The lowest BCUT2D eigenvalue weighted by atomic mass is 10.00. The molecular formula is C26H23FN4O2. The molecular weight excluding hydrogens is 419 g/mol. The van der Waals surface area contributed by atoms with Gasteiger partial charge < -0.3 is 10.2 Å². The highest BCUT2D eigenvalue weighted by atomic mass is 19.1. The quantitative estimate of drug-likeness (QED) is 0.478. The summed E-state index contributed by atoms with van der Waals surface area (Å²) in [6, 6.07) is 19.4. The summed E-state index contributed by atoms with van der Waals surface area (Å²) in [6.07, 6.45) is 0.219. The molecule has 0 atom stereocenters. The van der Waals surface area contributed by atoms with Gasteiger partial charge in [0.1, 0.15) is 11.6 Å². The number of carbonyl (C=O) groups is 2. The number of aromatic nitrogens is 2. The Kier molecular flexibility index (Phi) is 4.96. The zero-order chi connectivity index (χ0) is 23.2. The normalized spacial score (nSPS) is 14.3. The zero-order valence-electron chi connectivity index (χ0n) is 18.4. The van der Waals surface area contributed by atoms with Crippen molar-refractivity contribution in [1.82, 2.24) is 15.1 Å². The van der Waals surface area contributed by atoms with Crippen molar-refractivity contribution in [3.05, 3.63) is 94.9 Å². The Balaban J connectivity index is 1.36. The number of benzene rings is 3. The summed E-state index contributed by atoms with van der Waals surface area (Å²) in [5.41, 5.74) is 2.14. The van der Waals surface area contributed by atoms with E-state index in [-0.39, 0.29) is 18.2 Å². The smallest absolute Gasteiger partial charge is 0.254 e. The molecule has 0 saturated carbocycles. The minimum absolute atomic E-state index is 0.168. The fourth-order valence-electron chi connectivity index (χ4n) is 4.49. The molecule has 0 saturated heterocycles. The van der Waals surface area contributed by atoms with E-state index in [4.69, 9.17) is 0 Å². The van der Waals surface area contributed by atoms with Crippen molar-refractivity contribution in [2.24, 2.45) is 0 Å². The summed E-state index contributed by atoms with van der Waals surface area (Å²) in [5, 5.41) is 12.4. The van der Waals surface area contributed by atoms with Crippen LogP contribution in [0.4, 0.5) is 10.2 Å². The van der Waals surface area contributed by atoms with Crippen molar-refractivity contribution in [2.45, 2.75) is 32.4 Å². The summed E-state index contributed by atoms with van der Waals surface area (Å²) >= 11 is 0. The van der Waals surface area contributed by atoms with Crippen molar-refractivity contribution in [3.8, 4) is 0 Å². The van der Waals surface area contributed by atoms with E-state index < -0.39 is 11.4 Å². The fraction of sp³-hybridized carbons (Fsp3) is 0.192. The number of nitrogens with one attached hydrogen (secondary N) is 2. The van der Waals surface area contributed by atoms with E-state index in [1.165, 1.54) is 24.3 Å². The molecule has 2 heterocycles. The highest BCUT2D eigenvalue weighted by Crippen LogP contribution is 2.41. The first-order valence-corrected chi connectivity index (χ1v) is 10.8. The van der Waals surface area contributed by atoms with Gasteiger partial charge in [-0.1, -0.05) is 42.5 Å². The van der Waals surface area contributed by atoms with Gasteiger partial charge >= 0.3 is 0 Å². The number of nitrogens with zero attached hydrogens (tertiary/aromatic N) is 2. The predicted octanol–water partition coefficient (Wildman–Crippen LogP) is 4.77. The Morgan fingerprint density at radius 1 is 1.06 bits per heavy atom. The average molecular weight is 442 g/mol. The van der Waals surface area contributed by atoms with E-state index in [0.29, 0.717) is 23.6 Å². The molecule has 3 aromatic carbocycles. The van der Waals surface area contributed by atoms with Gasteiger partial charge in [0, 0.05) is 11.1 Å². The van der Waals surface area contributed by atoms with E-state index in [1.54, 1.807) is 4.90 Å². The maximum atomic E-state index is 13.3. The third-order valence-electron chi connectivity index (χ3n) is 6.27. The number of aromatic amines is 1. The van der Waals surface area contributed by atoms with Gasteiger partial charge in [-0.2, -0.15) is 5.10 Å². The van der Waals surface area contributed by atoms with Gasteiger partial charge in [-0.05, 0) is 54.4 Å². The van der Waals surface area contributed by atoms with Crippen molar-refractivity contribution in [1.29, 1.82) is 0 Å². The average Bonchev–Trinajstić information content (AvgIpc) is 3.32. The summed E-state index contributed by atoms with van der Waals surface area (Å²) in [7, 11) is 0. The van der Waals surface area contributed by atoms with Crippen LogP contribution in [-0.4, -0.2) is 26.9 Å². The molecule has 7 heteroatoms. The van der Waals surface area contributed by atoms with E-state index in [2.05, 4.69) is 15.5 Å². The summed E-state index contributed by atoms with van der Waals surface area (Å²) in [4.78, 5) is 27.7. The maximum Gasteiger partial charge on any atom is 0.254 e. The molecule has 0 unspecified atom stereocenters. The third kappa shape index (κ3) is 3.65. The van der Waals surface area contributed by atoms with Gasteiger partial charge in [0.2, 0.25) is 5.91 Å². The molecule has 166 valence electrons. The number of halogens is 1. The molecule has 2 amide bonds. The molecule has 4 aromatic rings. The number of anilines is 1. The van der Waals surface area contributed by atoms with Crippen molar-refractivity contribution in [2.75, 3.05) is 5.32 Å². The van der Waals surface area contributed by atoms with E-state index in [0.717, 1.165) is 21.9 Å². The standard InChI is InChI=1S/C26H23FN4O2/c1-26(2)23-21(15-31(26)25(33)17-10-12-19(27)13-11-17)24(30-29-23)28-22(32)14-18-8-5-7-16-6-3-4-9-20(16)18/h3-13H,14-15H2,1-2H3,(H2,28,29,30,32). The maximum absolute atomic E-state index is 13.3. The summed E-state index contributed by atoms with van der Waals surface area (Å²) in [5.74, 6) is -0.278. The fourth-order valence-corrected chi connectivity index (χ4v) is 4.49. The number of rotatable bonds is 4. The molecule has 33 heavy (non-hydrogen) atoms. The van der Waals surface area contributed by atoms with E-state index >= 15 is 0 Å². The second-order valence-corrected chi connectivity index (χ2v) is 8.75. The van der Waals surface area contributed by atoms with Gasteiger partial charge in [-0.15, -0.1) is 0 Å². The topological polar surface area (TPSA) is 78.1 Å². The van der Waals surface area contributed by atoms with Crippen LogP contribution in [0.1, 0.15) is 41.0 Å². The largest absolute Gasteiger partial charge is 0.323 e. The first kappa shape index (κ1) is 20.9. The molecule has 5 rings (SSSR count). The monoisotopic (exact) mass is 442 g/mol. The van der Waals surface area contributed by atoms with Crippen LogP contribution >= 0.6 is 0 Å². The van der Waals surface area contributed by atoms with Crippen LogP contribution in [0.5, 0.6) is 0 Å². The zero-order valence-corrected chi connectivity index (χ0v) is 18.4. The van der Waals surface area contributed by atoms with Crippen molar-refractivity contribution in [3.63, 3.8) is 0 Å². The Hall–Kier alpha value is -4.00. The molecule has 1 aliphatic rings. The lowest BCUT2D eigenvalue weighted by molar-refractivity contribution is -0.115. The minimum Gasteiger partial charge on any atom is -0.323 e. The van der Waals surface area contributed by atoms with E-state index in [9.17, 15) is 14.0 Å². The first-order chi connectivity index (χ1) is 15.8. The van der Waals surface area contributed by atoms with Crippen LogP contribution < -0.4 is 5.32 Å². The van der Waals surface area contributed by atoms with Crippen LogP contribution in [0, 0.1) is 5.82 Å². The molecule has 0 aliphatic carbocycles. The predicted molar refractivity (Wildman–Crippen MR) is 124 cm³/mol. The van der Waals surface area contributed by atoms with Crippen molar-refractivity contribution < 1.29 is 14.0 Å². The molecule has 1 aromatic heterocycles. The van der Waals surface area contributed by atoms with Crippen LogP contribution in [0.3, 0.4) is 0 Å². The number of H-pyrrole nitrogens is 1. The lowest BCUT2D eigenvalue weighted by Gasteiger charge is -2.31. The Morgan fingerprint density at radius 2 is 1.79 bits per heavy atom. The number of hydrogen-bond acceptors (Lipinski definition) is 3. The second kappa shape index (κ2) is 7.85. The molecule has 0 spiro atoms. The lowest BCUT2D eigenvalue weighted by Crippen LogP contribution is -2.40. The molecule has 6 nitrogen and oxygen atoms in total. The van der Waals surface area contributed by atoms with Crippen LogP contribution in [0.25, 0.3) is 10.8 Å². The molecule has 1 aliphatic heterocycles. The van der Waals surface area contributed by atoms with Crippen LogP contribution in [0.2, 0.25) is 0 Å². The Labute approximate surface area is 190 Å². The molecule has 0 radical (unpaired) electrons. The first-order valence-electron chi connectivity index (χ1n) is 10.8. The SMILES string of the molecule is CC1(C)c2n[nH]c(NC(=O)Cc3cccc4ccccc34)c2CN1C(=O)c1ccc(F)cc1. The van der Waals surface area contributed by atoms with E-state index in [1.807, 2.05) is 56.3 Å². The van der Waals surface area contributed by atoms with Crippen molar-refractivity contribution >= 4 is 28.4 Å². The number of amides is 2. The summed E-state index contributed by atoms with van der Waals surface area (Å²) in [6.45, 7) is 4.10. The minimum atomic E-state index is -0.685. The Morgan fingerprint density at radius 3 is 2.58 bits per heavy atom. The molecule has 2 N–H and O–H groups in total. The number of hydrogen-bond donors (Lipinski definition) is 2. The van der Waals surface area contributed by atoms with Crippen LogP contribution in [0.15, 0.2) is 66.7 Å². The highest BCUT2D eigenvalue weighted by molar-refractivity contribution is 5.97. The third-order valence-corrected chi connectivity index (χ3v) is 6.27. The Bertz CT molecular complexity index is 1370. The highest BCUT2D eigenvalue weighted by Gasteiger charge is 2.44. The number of fused-ring (bicyclic) bond motifs is 2. The van der Waals surface area contributed by atoms with Gasteiger partial charge in [0.05, 0.1) is 24.2 Å². The second-order valence-electron chi connectivity index (χ2n) is 8.75.